The van der Waals surface area contributed by atoms with Crippen molar-refractivity contribution < 1.29 is 0 Å². The first-order chi connectivity index (χ1) is 9.42. The van der Waals surface area contributed by atoms with Crippen molar-refractivity contribution in [2.24, 2.45) is 0 Å². The zero-order valence-corrected chi connectivity index (χ0v) is 13.0. The maximum atomic E-state index is 4.72. The normalized spacial score (nSPS) is 24.9. The van der Waals surface area contributed by atoms with Gasteiger partial charge >= 0.3 is 0 Å². The van der Waals surface area contributed by atoms with Crippen LogP contribution < -0.4 is 5.32 Å². The summed E-state index contributed by atoms with van der Waals surface area (Å²) in [6.45, 7) is 2.04. The van der Waals surface area contributed by atoms with Gasteiger partial charge in [-0.25, -0.2) is 0 Å². The quantitative estimate of drug-likeness (QED) is 0.905. The maximum Gasteiger partial charge on any atom is 0.0762 e. The summed E-state index contributed by atoms with van der Waals surface area (Å²) in [5.41, 5.74) is 1.19. The topological polar surface area (TPSA) is 29.9 Å². The Morgan fingerprint density at radius 1 is 1.32 bits per heavy atom. The van der Waals surface area contributed by atoms with Crippen molar-refractivity contribution in [1.82, 2.24) is 15.1 Å². The molecule has 5 heteroatoms. The lowest BCUT2D eigenvalue weighted by atomic mass is 10.3. The van der Waals surface area contributed by atoms with Gasteiger partial charge in [0.2, 0.25) is 0 Å². The SMILES string of the molecule is c1cn(C2CCCC2)nc1CNCC1CSCCS1. The monoisotopic (exact) mass is 297 g/mol. The van der Waals surface area contributed by atoms with E-state index in [-0.39, 0.29) is 0 Å². The fourth-order valence-corrected chi connectivity index (χ4v) is 5.51. The number of nitrogens with one attached hydrogen (secondary N) is 1. The molecular formula is C14H23N3S2. The molecule has 1 atom stereocenters. The molecule has 1 aliphatic heterocycles. The Bertz CT molecular complexity index is 382. The molecule has 0 radical (unpaired) electrons. The fraction of sp³-hybridized carbons (Fsp3) is 0.786. The van der Waals surface area contributed by atoms with E-state index < -0.39 is 0 Å². The molecule has 0 aromatic carbocycles. The van der Waals surface area contributed by atoms with E-state index in [0.717, 1.165) is 18.3 Å². The van der Waals surface area contributed by atoms with Crippen molar-refractivity contribution in [2.45, 2.75) is 43.5 Å². The predicted octanol–water partition coefficient (Wildman–Crippen LogP) is 2.94. The molecule has 3 rings (SSSR count). The summed E-state index contributed by atoms with van der Waals surface area (Å²) in [4.78, 5) is 0. The second-order valence-electron chi connectivity index (χ2n) is 5.42. The minimum atomic E-state index is 0.666. The number of hydrogen-bond donors (Lipinski definition) is 1. The van der Waals surface area contributed by atoms with Gasteiger partial charge in [-0.15, -0.1) is 0 Å². The molecule has 2 aliphatic rings. The molecule has 1 unspecified atom stereocenters. The Labute approximate surface area is 124 Å². The highest BCUT2D eigenvalue weighted by Gasteiger charge is 2.17. The lowest BCUT2D eigenvalue weighted by molar-refractivity contribution is 0.461. The summed E-state index contributed by atoms with van der Waals surface area (Å²) in [7, 11) is 0. The van der Waals surface area contributed by atoms with Gasteiger partial charge in [0.15, 0.2) is 0 Å². The van der Waals surface area contributed by atoms with Gasteiger partial charge in [0.25, 0.3) is 0 Å². The molecule has 1 N–H and O–H groups in total. The molecule has 0 spiro atoms. The second kappa shape index (κ2) is 7.04. The van der Waals surface area contributed by atoms with E-state index >= 15 is 0 Å². The second-order valence-corrected chi connectivity index (χ2v) is 7.98. The van der Waals surface area contributed by atoms with Gasteiger partial charge in [0, 0.05) is 41.8 Å². The molecule has 1 aliphatic carbocycles. The first kappa shape index (κ1) is 13.8. The lowest BCUT2D eigenvalue weighted by Gasteiger charge is -2.20. The van der Waals surface area contributed by atoms with Gasteiger partial charge in [0.1, 0.15) is 0 Å². The van der Waals surface area contributed by atoms with Crippen LogP contribution in [0.2, 0.25) is 0 Å². The molecule has 0 amide bonds. The third-order valence-electron chi connectivity index (χ3n) is 3.93. The highest BCUT2D eigenvalue weighted by Crippen LogP contribution is 2.28. The molecule has 1 saturated heterocycles. The Morgan fingerprint density at radius 3 is 3.00 bits per heavy atom. The van der Waals surface area contributed by atoms with E-state index in [9.17, 15) is 0 Å². The van der Waals surface area contributed by atoms with Gasteiger partial charge in [-0.1, -0.05) is 12.8 Å². The number of thioether (sulfide) groups is 2. The average Bonchev–Trinajstić information content (AvgIpc) is 3.10. The number of nitrogens with zero attached hydrogens (tertiary/aromatic N) is 2. The molecule has 106 valence electrons. The van der Waals surface area contributed by atoms with Crippen molar-refractivity contribution in [3.8, 4) is 0 Å². The number of hydrogen-bond acceptors (Lipinski definition) is 4. The summed E-state index contributed by atoms with van der Waals surface area (Å²) < 4.78 is 2.19. The van der Waals surface area contributed by atoms with Gasteiger partial charge < -0.3 is 5.32 Å². The van der Waals surface area contributed by atoms with Crippen molar-refractivity contribution in [3.63, 3.8) is 0 Å². The average molecular weight is 297 g/mol. The van der Waals surface area contributed by atoms with Crippen LogP contribution in [0.4, 0.5) is 0 Å². The van der Waals surface area contributed by atoms with Crippen LogP contribution in [0.15, 0.2) is 12.3 Å². The Kier molecular flexibility index (Phi) is 5.13. The highest BCUT2D eigenvalue weighted by atomic mass is 32.2. The minimum Gasteiger partial charge on any atom is -0.310 e. The fourth-order valence-electron chi connectivity index (χ4n) is 2.86. The van der Waals surface area contributed by atoms with Crippen LogP contribution in [-0.2, 0) is 6.54 Å². The van der Waals surface area contributed by atoms with Crippen LogP contribution in [0, 0.1) is 0 Å². The summed E-state index contributed by atoms with van der Waals surface area (Å²) in [5.74, 6) is 3.94. The van der Waals surface area contributed by atoms with Gasteiger partial charge in [-0.2, -0.15) is 28.6 Å². The van der Waals surface area contributed by atoms with Gasteiger partial charge in [-0.3, -0.25) is 4.68 Å². The zero-order valence-electron chi connectivity index (χ0n) is 11.4. The van der Waals surface area contributed by atoms with Crippen LogP contribution >= 0.6 is 23.5 Å². The van der Waals surface area contributed by atoms with E-state index in [2.05, 4.69) is 45.8 Å². The highest BCUT2D eigenvalue weighted by molar-refractivity contribution is 8.06. The van der Waals surface area contributed by atoms with E-state index in [1.54, 1.807) is 0 Å². The molecule has 2 heterocycles. The molecule has 1 saturated carbocycles. The van der Waals surface area contributed by atoms with E-state index in [1.165, 1.54) is 48.6 Å². The molecular weight excluding hydrogens is 274 g/mol. The van der Waals surface area contributed by atoms with Crippen molar-refractivity contribution in [3.05, 3.63) is 18.0 Å². The van der Waals surface area contributed by atoms with Crippen LogP contribution in [0.1, 0.15) is 37.4 Å². The van der Waals surface area contributed by atoms with Crippen molar-refractivity contribution in [2.75, 3.05) is 23.8 Å². The third kappa shape index (κ3) is 3.92. The van der Waals surface area contributed by atoms with Crippen molar-refractivity contribution >= 4 is 23.5 Å². The largest absolute Gasteiger partial charge is 0.310 e. The smallest absolute Gasteiger partial charge is 0.0762 e. The zero-order chi connectivity index (χ0) is 12.9. The molecule has 1 aromatic heterocycles. The first-order valence-corrected chi connectivity index (χ1v) is 9.56. The summed E-state index contributed by atoms with van der Waals surface area (Å²) in [6.07, 6.45) is 7.52. The van der Waals surface area contributed by atoms with Crippen LogP contribution in [-0.4, -0.2) is 38.8 Å². The molecule has 19 heavy (non-hydrogen) atoms. The maximum absolute atomic E-state index is 4.72. The van der Waals surface area contributed by atoms with E-state index in [4.69, 9.17) is 5.10 Å². The van der Waals surface area contributed by atoms with E-state index in [1.807, 2.05) is 0 Å². The first-order valence-electron chi connectivity index (χ1n) is 7.36. The molecule has 1 aromatic rings. The van der Waals surface area contributed by atoms with Gasteiger partial charge in [-0.05, 0) is 18.9 Å². The van der Waals surface area contributed by atoms with Gasteiger partial charge in [0.05, 0.1) is 11.7 Å². The summed E-state index contributed by atoms with van der Waals surface area (Å²) >= 11 is 4.20. The van der Waals surface area contributed by atoms with E-state index in [0.29, 0.717) is 6.04 Å². The van der Waals surface area contributed by atoms with Crippen LogP contribution in [0.5, 0.6) is 0 Å². The van der Waals surface area contributed by atoms with Crippen molar-refractivity contribution in [1.29, 1.82) is 0 Å². The molecule has 0 bridgehead atoms. The lowest BCUT2D eigenvalue weighted by Crippen LogP contribution is -2.28. The minimum absolute atomic E-state index is 0.666. The predicted molar refractivity (Wildman–Crippen MR) is 85.0 cm³/mol. The number of aromatic nitrogens is 2. The van der Waals surface area contributed by atoms with Crippen LogP contribution in [0.25, 0.3) is 0 Å². The number of rotatable bonds is 5. The third-order valence-corrected chi connectivity index (χ3v) is 6.77. The molecule has 2 fully saturated rings. The summed E-state index contributed by atoms with van der Waals surface area (Å²) in [6, 6.07) is 2.84. The Hall–Kier alpha value is -0.130. The summed E-state index contributed by atoms with van der Waals surface area (Å²) in [5, 5.41) is 9.07. The Morgan fingerprint density at radius 2 is 2.21 bits per heavy atom. The Balaban J connectivity index is 1.42. The molecule has 3 nitrogen and oxygen atoms in total. The van der Waals surface area contributed by atoms with Crippen LogP contribution in [0.3, 0.4) is 0 Å². The standard InChI is InChI=1S/C14H23N3S2/c1-2-4-13(3-1)17-6-5-12(16-17)9-15-10-14-11-18-7-8-19-14/h5-6,13-15H,1-4,7-11H2.